The average Bonchev–Trinajstić information content (AvgIpc) is 3.05. The van der Waals surface area contributed by atoms with Gasteiger partial charge in [-0.3, -0.25) is 4.79 Å². The van der Waals surface area contributed by atoms with Crippen LogP contribution in [0.25, 0.3) is 11.3 Å². The summed E-state index contributed by atoms with van der Waals surface area (Å²) in [6.07, 6.45) is 1.59. The molecule has 0 saturated heterocycles. The molecule has 0 aliphatic heterocycles. The van der Waals surface area contributed by atoms with E-state index in [2.05, 4.69) is 4.98 Å². The molecule has 108 valence electrons. The van der Waals surface area contributed by atoms with E-state index in [1.807, 2.05) is 66.0 Å². The number of hydrogen-bond donors (Lipinski definition) is 0. The molecule has 0 fully saturated rings. The lowest BCUT2D eigenvalue weighted by Gasteiger charge is -1.94. The molecule has 4 heteroatoms. The van der Waals surface area contributed by atoms with Gasteiger partial charge in [0.05, 0.1) is 5.69 Å². The molecule has 22 heavy (non-hydrogen) atoms. The predicted molar refractivity (Wildman–Crippen MR) is 93.3 cm³/mol. The number of allylic oxidation sites excluding steroid dienone is 1. The molecule has 1 heterocycles. The van der Waals surface area contributed by atoms with Crippen LogP contribution in [0.15, 0.2) is 81.9 Å². The standard InChI is InChI=1S/C18H13NOS2/c20-17(15-9-5-2-6-10-15)11-12-21-18-19-16(13-22-18)14-7-3-1-4-8-14/h1-13H/b12-11-. The number of nitrogens with zero attached hydrogens (tertiary/aromatic N) is 1. The van der Waals surface area contributed by atoms with Gasteiger partial charge in [-0.2, -0.15) is 0 Å². The highest BCUT2D eigenvalue weighted by molar-refractivity contribution is 8.03. The summed E-state index contributed by atoms with van der Waals surface area (Å²) in [5.74, 6) is 0.00735. The van der Waals surface area contributed by atoms with Crippen molar-refractivity contribution >= 4 is 28.9 Å². The Morgan fingerprint density at radius 3 is 2.41 bits per heavy atom. The number of hydrogen-bond acceptors (Lipinski definition) is 4. The normalized spacial score (nSPS) is 10.9. The van der Waals surface area contributed by atoms with E-state index in [1.165, 1.54) is 11.8 Å². The van der Waals surface area contributed by atoms with E-state index in [4.69, 9.17) is 0 Å². The first kappa shape index (κ1) is 14.8. The molecule has 0 saturated carbocycles. The van der Waals surface area contributed by atoms with Gasteiger partial charge in [0.1, 0.15) is 0 Å². The first-order chi connectivity index (χ1) is 10.8. The molecular formula is C18H13NOS2. The summed E-state index contributed by atoms with van der Waals surface area (Å²) in [5.41, 5.74) is 2.77. The van der Waals surface area contributed by atoms with Crippen molar-refractivity contribution in [3.63, 3.8) is 0 Å². The molecule has 2 aromatic carbocycles. The minimum atomic E-state index is 0.00735. The fourth-order valence-corrected chi connectivity index (χ4v) is 3.45. The molecule has 0 radical (unpaired) electrons. The van der Waals surface area contributed by atoms with Crippen LogP contribution in [-0.4, -0.2) is 10.8 Å². The van der Waals surface area contributed by atoms with Crippen molar-refractivity contribution in [2.45, 2.75) is 4.34 Å². The van der Waals surface area contributed by atoms with E-state index < -0.39 is 0 Å². The third-order valence-corrected chi connectivity index (χ3v) is 4.78. The molecular weight excluding hydrogens is 310 g/mol. The second kappa shape index (κ2) is 7.20. The Balaban J connectivity index is 1.64. The number of rotatable bonds is 5. The van der Waals surface area contributed by atoms with Gasteiger partial charge in [-0.25, -0.2) is 4.98 Å². The zero-order valence-corrected chi connectivity index (χ0v) is 13.3. The Hall–Kier alpha value is -2.17. The zero-order chi connectivity index (χ0) is 15.2. The molecule has 1 aromatic heterocycles. The second-order valence-electron chi connectivity index (χ2n) is 4.52. The van der Waals surface area contributed by atoms with Gasteiger partial charge in [0.2, 0.25) is 0 Å². The first-order valence-electron chi connectivity index (χ1n) is 6.76. The van der Waals surface area contributed by atoms with Crippen LogP contribution in [0.1, 0.15) is 10.4 Å². The van der Waals surface area contributed by atoms with E-state index in [9.17, 15) is 4.79 Å². The van der Waals surface area contributed by atoms with Crippen LogP contribution < -0.4 is 0 Å². The van der Waals surface area contributed by atoms with Crippen molar-refractivity contribution in [2.24, 2.45) is 0 Å². The third kappa shape index (κ3) is 3.72. The highest BCUT2D eigenvalue weighted by Gasteiger charge is 2.04. The maximum Gasteiger partial charge on any atom is 0.186 e. The van der Waals surface area contributed by atoms with Gasteiger partial charge in [-0.1, -0.05) is 72.4 Å². The third-order valence-electron chi connectivity index (χ3n) is 3.00. The molecule has 0 bridgehead atoms. The molecule has 0 aliphatic rings. The lowest BCUT2D eigenvalue weighted by atomic mass is 10.1. The number of ketones is 1. The topological polar surface area (TPSA) is 30.0 Å². The summed E-state index contributed by atoms with van der Waals surface area (Å²) in [7, 11) is 0. The van der Waals surface area contributed by atoms with Crippen molar-refractivity contribution in [1.29, 1.82) is 0 Å². The van der Waals surface area contributed by atoms with Gasteiger partial charge in [-0.05, 0) is 11.5 Å². The minimum absolute atomic E-state index is 0.00735. The van der Waals surface area contributed by atoms with Crippen molar-refractivity contribution in [1.82, 2.24) is 4.98 Å². The van der Waals surface area contributed by atoms with Gasteiger partial charge in [0.15, 0.2) is 10.1 Å². The largest absolute Gasteiger partial charge is 0.289 e. The van der Waals surface area contributed by atoms with E-state index in [0.717, 1.165) is 15.6 Å². The van der Waals surface area contributed by atoms with Crippen LogP contribution >= 0.6 is 23.1 Å². The van der Waals surface area contributed by atoms with Crippen LogP contribution in [0.5, 0.6) is 0 Å². The lowest BCUT2D eigenvalue weighted by molar-refractivity contribution is 0.104. The number of carbonyl (C=O) groups excluding carboxylic acids is 1. The summed E-state index contributed by atoms with van der Waals surface area (Å²) in [4.78, 5) is 16.5. The minimum Gasteiger partial charge on any atom is -0.289 e. The number of aromatic nitrogens is 1. The number of thioether (sulfide) groups is 1. The summed E-state index contributed by atoms with van der Waals surface area (Å²) in [6.45, 7) is 0. The Morgan fingerprint density at radius 1 is 1.00 bits per heavy atom. The highest BCUT2D eigenvalue weighted by Crippen LogP contribution is 2.28. The van der Waals surface area contributed by atoms with E-state index >= 15 is 0 Å². The fourth-order valence-electron chi connectivity index (χ4n) is 1.91. The van der Waals surface area contributed by atoms with Crippen molar-refractivity contribution in [3.8, 4) is 11.3 Å². The van der Waals surface area contributed by atoms with Crippen LogP contribution in [0.3, 0.4) is 0 Å². The van der Waals surface area contributed by atoms with Crippen molar-refractivity contribution in [3.05, 3.63) is 83.1 Å². The molecule has 2 nitrogen and oxygen atoms in total. The Labute approximate surface area is 137 Å². The van der Waals surface area contributed by atoms with E-state index in [-0.39, 0.29) is 5.78 Å². The van der Waals surface area contributed by atoms with Gasteiger partial charge >= 0.3 is 0 Å². The highest BCUT2D eigenvalue weighted by atomic mass is 32.2. The van der Waals surface area contributed by atoms with Crippen molar-refractivity contribution < 1.29 is 4.79 Å². The molecule has 0 N–H and O–H groups in total. The van der Waals surface area contributed by atoms with E-state index in [0.29, 0.717) is 5.56 Å². The fraction of sp³-hybridized carbons (Fsp3) is 0. The summed E-state index contributed by atoms with van der Waals surface area (Å²) >= 11 is 3.05. The lowest BCUT2D eigenvalue weighted by Crippen LogP contribution is -1.92. The molecule has 3 aromatic rings. The molecule has 0 spiro atoms. The van der Waals surface area contributed by atoms with Crippen LogP contribution in [0, 0.1) is 0 Å². The average molecular weight is 323 g/mol. The SMILES string of the molecule is O=C(/C=C\Sc1nc(-c2ccccc2)cs1)c1ccccc1. The Kier molecular flexibility index (Phi) is 4.83. The molecule has 3 rings (SSSR count). The molecule has 0 amide bonds. The number of benzene rings is 2. The number of thiazole rings is 1. The van der Waals surface area contributed by atoms with Crippen LogP contribution in [-0.2, 0) is 0 Å². The molecule has 0 unspecified atom stereocenters. The van der Waals surface area contributed by atoms with Crippen LogP contribution in [0.4, 0.5) is 0 Å². The molecule has 0 atom stereocenters. The Morgan fingerprint density at radius 2 is 1.68 bits per heavy atom. The summed E-state index contributed by atoms with van der Waals surface area (Å²) < 4.78 is 0.927. The second-order valence-corrected chi connectivity index (χ2v) is 6.53. The predicted octanol–water partition coefficient (Wildman–Crippen LogP) is 5.30. The Bertz CT molecular complexity index is 779. The van der Waals surface area contributed by atoms with Crippen molar-refractivity contribution in [2.75, 3.05) is 0 Å². The zero-order valence-electron chi connectivity index (χ0n) is 11.7. The smallest absolute Gasteiger partial charge is 0.186 e. The first-order valence-corrected chi connectivity index (χ1v) is 8.52. The summed E-state index contributed by atoms with van der Waals surface area (Å²) in [6, 6.07) is 19.3. The van der Waals surface area contributed by atoms with Gasteiger partial charge in [-0.15, -0.1) is 11.3 Å². The van der Waals surface area contributed by atoms with Crippen LogP contribution in [0.2, 0.25) is 0 Å². The maximum atomic E-state index is 11.9. The van der Waals surface area contributed by atoms with Gasteiger partial charge in [0, 0.05) is 16.5 Å². The number of carbonyl (C=O) groups is 1. The van der Waals surface area contributed by atoms with Gasteiger partial charge in [0.25, 0.3) is 0 Å². The summed E-state index contributed by atoms with van der Waals surface area (Å²) in [5, 5.41) is 3.83. The molecule has 0 aliphatic carbocycles. The quantitative estimate of drug-likeness (QED) is 0.362. The van der Waals surface area contributed by atoms with Gasteiger partial charge < -0.3 is 0 Å². The maximum absolute atomic E-state index is 11.9. The monoisotopic (exact) mass is 323 g/mol. The van der Waals surface area contributed by atoms with E-state index in [1.54, 1.807) is 22.8 Å².